The number of nitrogens with one attached hydrogen (secondary N) is 1. The Morgan fingerprint density at radius 3 is 2.72 bits per heavy atom. The van der Waals surface area contributed by atoms with E-state index >= 15 is 0 Å². The molecular weight excluding hydrogens is 230 g/mol. The van der Waals surface area contributed by atoms with Gasteiger partial charge in [-0.1, -0.05) is 18.2 Å². The SMILES string of the molecule is CC1(NCc2ccccc2C(=O)O)CCOCC1. The van der Waals surface area contributed by atoms with Gasteiger partial charge in [-0.15, -0.1) is 0 Å². The van der Waals surface area contributed by atoms with Crippen molar-refractivity contribution < 1.29 is 14.6 Å². The molecule has 0 saturated carbocycles. The van der Waals surface area contributed by atoms with Gasteiger partial charge in [0, 0.05) is 25.3 Å². The maximum absolute atomic E-state index is 11.1. The number of aromatic carboxylic acids is 1. The number of hydrogen-bond acceptors (Lipinski definition) is 3. The van der Waals surface area contributed by atoms with Gasteiger partial charge in [0.2, 0.25) is 0 Å². The maximum atomic E-state index is 11.1. The molecule has 0 amide bonds. The number of ether oxygens (including phenoxy) is 1. The molecule has 98 valence electrons. The second-order valence-corrected chi connectivity index (χ2v) is 4.99. The van der Waals surface area contributed by atoms with E-state index in [0.717, 1.165) is 31.6 Å². The summed E-state index contributed by atoms with van der Waals surface area (Å²) in [6, 6.07) is 7.13. The van der Waals surface area contributed by atoms with E-state index in [0.29, 0.717) is 12.1 Å². The molecule has 1 fully saturated rings. The van der Waals surface area contributed by atoms with Crippen molar-refractivity contribution in [2.24, 2.45) is 0 Å². The van der Waals surface area contributed by atoms with Crippen molar-refractivity contribution in [3.8, 4) is 0 Å². The normalized spacial score (nSPS) is 18.5. The fourth-order valence-electron chi connectivity index (χ4n) is 2.19. The lowest BCUT2D eigenvalue weighted by atomic mass is 9.92. The van der Waals surface area contributed by atoms with E-state index in [1.54, 1.807) is 12.1 Å². The summed E-state index contributed by atoms with van der Waals surface area (Å²) in [5.74, 6) is -0.871. The summed E-state index contributed by atoms with van der Waals surface area (Å²) in [7, 11) is 0. The number of carbonyl (C=O) groups is 1. The van der Waals surface area contributed by atoms with Crippen LogP contribution in [0.15, 0.2) is 24.3 Å². The van der Waals surface area contributed by atoms with Crippen molar-refractivity contribution in [1.29, 1.82) is 0 Å². The van der Waals surface area contributed by atoms with Crippen LogP contribution in [0.25, 0.3) is 0 Å². The van der Waals surface area contributed by atoms with Gasteiger partial charge >= 0.3 is 5.97 Å². The topological polar surface area (TPSA) is 58.6 Å². The zero-order valence-electron chi connectivity index (χ0n) is 10.6. The van der Waals surface area contributed by atoms with Crippen LogP contribution in [0.2, 0.25) is 0 Å². The number of benzene rings is 1. The molecule has 1 aromatic carbocycles. The summed E-state index contributed by atoms with van der Waals surface area (Å²) < 4.78 is 5.34. The lowest BCUT2D eigenvalue weighted by Gasteiger charge is -2.34. The van der Waals surface area contributed by atoms with Gasteiger partial charge in [0.05, 0.1) is 5.56 Å². The highest BCUT2D eigenvalue weighted by Crippen LogP contribution is 2.21. The van der Waals surface area contributed by atoms with Crippen LogP contribution in [0.1, 0.15) is 35.7 Å². The minimum atomic E-state index is -0.871. The summed E-state index contributed by atoms with van der Waals surface area (Å²) in [5, 5.41) is 12.6. The molecule has 1 aliphatic heterocycles. The number of carboxylic acid groups (broad SMARTS) is 1. The second-order valence-electron chi connectivity index (χ2n) is 4.99. The van der Waals surface area contributed by atoms with Gasteiger partial charge in [-0.25, -0.2) is 4.79 Å². The highest BCUT2D eigenvalue weighted by atomic mass is 16.5. The molecule has 4 nitrogen and oxygen atoms in total. The monoisotopic (exact) mass is 249 g/mol. The predicted octanol–water partition coefficient (Wildman–Crippen LogP) is 2.04. The summed E-state index contributed by atoms with van der Waals surface area (Å²) in [5.41, 5.74) is 1.25. The molecule has 1 saturated heterocycles. The van der Waals surface area contributed by atoms with Gasteiger partial charge in [0.25, 0.3) is 0 Å². The maximum Gasteiger partial charge on any atom is 0.336 e. The fraction of sp³-hybridized carbons (Fsp3) is 0.500. The summed E-state index contributed by atoms with van der Waals surface area (Å²) in [6.07, 6.45) is 1.92. The van der Waals surface area contributed by atoms with Gasteiger partial charge in [0.1, 0.15) is 0 Å². The Kier molecular flexibility index (Phi) is 3.99. The molecule has 4 heteroatoms. The van der Waals surface area contributed by atoms with Crippen molar-refractivity contribution in [3.05, 3.63) is 35.4 Å². The molecule has 0 spiro atoms. The Balaban J connectivity index is 2.03. The average Bonchev–Trinajstić information content (AvgIpc) is 2.38. The van der Waals surface area contributed by atoms with Crippen LogP contribution in [0.3, 0.4) is 0 Å². The Hall–Kier alpha value is -1.39. The second kappa shape index (κ2) is 5.50. The van der Waals surface area contributed by atoms with Gasteiger partial charge in [-0.05, 0) is 31.4 Å². The molecule has 0 aliphatic carbocycles. The molecular formula is C14H19NO3. The summed E-state index contributed by atoms with van der Waals surface area (Å²) >= 11 is 0. The Labute approximate surface area is 107 Å². The van der Waals surface area contributed by atoms with Crippen molar-refractivity contribution >= 4 is 5.97 Å². The van der Waals surface area contributed by atoms with E-state index in [2.05, 4.69) is 12.2 Å². The first-order valence-electron chi connectivity index (χ1n) is 6.25. The van der Waals surface area contributed by atoms with E-state index in [-0.39, 0.29) is 5.54 Å². The van der Waals surface area contributed by atoms with Gasteiger partial charge in [-0.3, -0.25) is 0 Å². The minimum absolute atomic E-state index is 0.0455. The zero-order chi connectivity index (χ0) is 13.0. The standard InChI is InChI=1S/C14H19NO3/c1-14(6-8-18-9-7-14)15-10-11-4-2-3-5-12(11)13(16)17/h2-5,15H,6-10H2,1H3,(H,16,17). The van der Waals surface area contributed by atoms with Crippen molar-refractivity contribution in [2.75, 3.05) is 13.2 Å². The lowest BCUT2D eigenvalue weighted by molar-refractivity contribution is 0.0444. The molecule has 0 radical (unpaired) electrons. The first-order chi connectivity index (χ1) is 8.61. The van der Waals surface area contributed by atoms with Crippen molar-refractivity contribution in [1.82, 2.24) is 5.32 Å². The minimum Gasteiger partial charge on any atom is -0.478 e. The van der Waals surface area contributed by atoms with Crippen LogP contribution < -0.4 is 5.32 Å². The first kappa shape index (κ1) is 13.1. The Morgan fingerprint density at radius 2 is 2.06 bits per heavy atom. The molecule has 1 aromatic rings. The molecule has 1 heterocycles. The third kappa shape index (κ3) is 3.09. The van der Waals surface area contributed by atoms with Crippen LogP contribution in [-0.4, -0.2) is 29.8 Å². The summed E-state index contributed by atoms with van der Waals surface area (Å²) in [6.45, 7) is 4.28. The van der Waals surface area contributed by atoms with E-state index in [1.165, 1.54) is 0 Å². The zero-order valence-corrected chi connectivity index (χ0v) is 10.6. The molecule has 18 heavy (non-hydrogen) atoms. The third-order valence-corrected chi connectivity index (χ3v) is 3.55. The molecule has 2 rings (SSSR count). The molecule has 0 bridgehead atoms. The van der Waals surface area contributed by atoms with Gasteiger partial charge in [0.15, 0.2) is 0 Å². The molecule has 0 unspecified atom stereocenters. The number of carboxylic acids is 1. The van der Waals surface area contributed by atoms with Crippen LogP contribution in [0.4, 0.5) is 0 Å². The number of rotatable bonds is 4. The van der Waals surface area contributed by atoms with Crippen LogP contribution in [0.5, 0.6) is 0 Å². The van der Waals surface area contributed by atoms with Crippen molar-refractivity contribution in [3.63, 3.8) is 0 Å². The molecule has 2 N–H and O–H groups in total. The first-order valence-corrected chi connectivity index (χ1v) is 6.25. The molecule has 0 atom stereocenters. The van der Waals surface area contributed by atoms with E-state index < -0.39 is 5.97 Å². The molecule has 0 aromatic heterocycles. The highest BCUT2D eigenvalue weighted by Gasteiger charge is 2.26. The van der Waals surface area contributed by atoms with Crippen LogP contribution in [0, 0.1) is 0 Å². The summed E-state index contributed by atoms with van der Waals surface area (Å²) in [4.78, 5) is 11.1. The highest BCUT2D eigenvalue weighted by molar-refractivity contribution is 5.89. The quantitative estimate of drug-likeness (QED) is 0.857. The van der Waals surface area contributed by atoms with E-state index in [1.807, 2.05) is 12.1 Å². The Morgan fingerprint density at radius 1 is 1.39 bits per heavy atom. The van der Waals surface area contributed by atoms with E-state index in [9.17, 15) is 4.79 Å². The molecule has 1 aliphatic rings. The van der Waals surface area contributed by atoms with Crippen LogP contribution >= 0.6 is 0 Å². The largest absolute Gasteiger partial charge is 0.478 e. The van der Waals surface area contributed by atoms with Crippen LogP contribution in [-0.2, 0) is 11.3 Å². The van der Waals surface area contributed by atoms with Crippen molar-refractivity contribution in [2.45, 2.75) is 31.8 Å². The fourth-order valence-corrected chi connectivity index (χ4v) is 2.19. The third-order valence-electron chi connectivity index (χ3n) is 3.55. The Bertz CT molecular complexity index is 425. The predicted molar refractivity (Wildman–Crippen MR) is 68.7 cm³/mol. The van der Waals surface area contributed by atoms with Gasteiger partial charge < -0.3 is 15.2 Å². The smallest absolute Gasteiger partial charge is 0.336 e. The van der Waals surface area contributed by atoms with Gasteiger partial charge in [-0.2, -0.15) is 0 Å². The average molecular weight is 249 g/mol. The number of hydrogen-bond donors (Lipinski definition) is 2. The lowest BCUT2D eigenvalue weighted by Crippen LogP contribution is -2.46. The van der Waals surface area contributed by atoms with E-state index in [4.69, 9.17) is 9.84 Å².